The van der Waals surface area contributed by atoms with E-state index >= 15 is 0 Å². The molecule has 3 heteroatoms. The summed E-state index contributed by atoms with van der Waals surface area (Å²) in [4.78, 5) is 0.693. The van der Waals surface area contributed by atoms with Crippen molar-refractivity contribution in [2.24, 2.45) is 0 Å². The number of aromatic hydroxyl groups is 1. The minimum Gasteiger partial charge on any atom is -0.506 e. The Morgan fingerprint density at radius 2 is 1.48 bits per heavy atom. The highest BCUT2D eigenvalue weighted by Crippen LogP contribution is 2.46. The second-order valence-corrected chi connectivity index (χ2v) is 14.2. The van der Waals surface area contributed by atoms with Gasteiger partial charge in [-0.25, -0.2) is 0 Å². The van der Waals surface area contributed by atoms with Gasteiger partial charge in [-0.15, -0.1) is 0 Å². The van der Waals surface area contributed by atoms with Crippen molar-refractivity contribution in [1.82, 2.24) is 0 Å². The van der Waals surface area contributed by atoms with Crippen LogP contribution in [0.2, 0.25) is 0 Å². The molecule has 1 aromatic rings. The number of benzene rings is 1. The molecule has 0 saturated carbocycles. The summed E-state index contributed by atoms with van der Waals surface area (Å²) in [7, 11) is -1.23. The number of phenols is 1. The molecule has 0 spiro atoms. The first-order chi connectivity index (χ1) is 15.5. The molecule has 2 unspecified atom stereocenters. The zero-order chi connectivity index (χ0) is 24.7. The third-order valence-electron chi connectivity index (χ3n) is 8.06. The lowest BCUT2D eigenvalue weighted by atomic mass is 9.72. The Morgan fingerprint density at radius 3 is 2.09 bits per heavy atom. The van der Waals surface area contributed by atoms with E-state index in [0.717, 1.165) is 56.9 Å². The van der Waals surface area contributed by atoms with E-state index in [2.05, 4.69) is 60.6 Å². The SMILES string of the molecule is CCCCCC1(C)CCCCCCC[C@@](C)(CCCC)c2cc(C(C)(C)C)cc(c2O)S1=O. The molecule has 0 saturated heterocycles. The summed E-state index contributed by atoms with van der Waals surface area (Å²) in [6, 6.07) is 4.33. The normalized spacial score (nSPS) is 27.4. The first kappa shape index (κ1) is 28.4. The van der Waals surface area contributed by atoms with E-state index in [1.807, 2.05) is 0 Å². The van der Waals surface area contributed by atoms with Crippen molar-refractivity contribution in [2.75, 3.05) is 0 Å². The predicted octanol–water partition coefficient (Wildman–Crippen LogP) is 9.33. The first-order valence-electron chi connectivity index (χ1n) is 13.8. The molecule has 0 radical (unpaired) electrons. The van der Waals surface area contributed by atoms with Gasteiger partial charge in [-0.2, -0.15) is 0 Å². The molecule has 1 aromatic carbocycles. The van der Waals surface area contributed by atoms with E-state index in [4.69, 9.17) is 0 Å². The Kier molecular flexibility index (Phi) is 10.5. The molecule has 1 N–H and O–H groups in total. The third kappa shape index (κ3) is 7.33. The maximum atomic E-state index is 14.3. The Hall–Kier alpha value is -0.830. The van der Waals surface area contributed by atoms with Gasteiger partial charge in [-0.05, 0) is 55.1 Å². The van der Waals surface area contributed by atoms with E-state index in [9.17, 15) is 9.32 Å². The van der Waals surface area contributed by atoms with Gasteiger partial charge in [0.2, 0.25) is 0 Å². The molecule has 1 heterocycles. The molecule has 0 amide bonds. The topological polar surface area (TPSA) is 37.3 Å². The van der Waals surface area contributed by atoms with Gasteiger partial charge in [0.15, 0.2) is 0 Å². The molecule has 3 atom stereocenters. The molecule has 0 fully saturated rings. The summed E-state index contributed by atoms with van der Waals surface area (Å²) < 4.78 is 14.0. The van der Waals surface area contributed by atoms with Crippen LogP contribution in [-0.2, 0) is 21.6 Å². The Balaban J connectivity index is 2.69. The summed E-state index contributed by atoms with van der Waals surface area (Å²) in [5, 5.41) is 11.7. The van der Waals surface area contributed by atoms with Gasteiger partial charge >= 0.3 is 0 Å². The van der Waals surface area contributed by atoms with Crippen molar-refractivity contribution in [3.63, 3.8) is 0 Å². The van der Waals surface area contributed by atoms with Gasteiger partial charge < -0.3 is 5.11 Å². The van der Waals surface area contributed by atoms with E-state index in [0.29, 0.717) is 10.6 Å². The van der Waals surface area contributed by atoms with Crippen LogP contribution in [0.4, 0.5) is 0 Å². The average molecular weight is 477 g/mol. The van der Waals surface area contributed by atoms with Crippen LogP contribution < -0.4 is 0 Å². The molecule has 2 bridgehead atoms. The van der Waals surface area contributed by atoms with Crippen LogP contribution in [0.15, 0.2) is 17.0 Å². The first-order valence-corrected chi connectivity index (χ1v) is 14.9. The van der Waals surface area contributed by atoms with Crippen LogP contribution in [0.3, 0.4) is 0 Å². The molecule has 2 nitrogen and oxygen atoms in total. The number of hydrogen-bond acceptors (Lipinski definition) is 2. The summed E-state index contributed by atoms with van der Waals surface area (Å²) in [6.45, 7) is 15.7. The number of rotatable bonds is 7. The second kappa shape index (κ2) is 12.2. The zero-order valence-corrected chi connectivity index (χ0v) is 23.6. The third-order valence-corrected chi connectivity index (χ3v) is 10.1. The standard InChI is InChI=1S/C30H52O2S/c1-8-10-15-20-30(7)21-17-14-12-13-16-19-29(6,18-11-9-2)25-22-24(28(3,4)5)23-26(27(25)31)33(30)32/h22-23,31H,8-21H2,1-7H3/t29-,30?,33?/m1/s1. The fraction of sp³-hybridized carbons (Fsp3) is 0.800. The highest BCUT2D eigenvalue weighted by Gasteiger charge is 2.37. The summed E-state index contributed by atoms with van der Waals surface area (Å²) in [5.74, 6) is 0.320. The van der Waals surface area contributed by atoms with Crippen LogP contribution in [0.1, 0.15) is 149 Å². The van der Waals surface area contributed by atoms with Gasteiger partial charge in [0.05, 0.1) is 15.7 Å². The van der Waals surface area contributed by atoms with Crippen LogP contribution in [0.25, 0.3) is 0 Å². The molecule has 1 aliphatic heterocycles. The number of phenolic OH excluding ortho intramolecular Hbond substituents is 1. The quantitative estimate of drug-likeness (QED) is 0.398. The zero-order valence-electron chi connectivity index (χ0n) is 22.8. The van der Waals surface area contributed by atoms with Crippen molar-refractivity contribution >= 4 is 10.8 Å². The number of unbranched alkanes of at least 4 members (excludes halogenated alkanes) is 3. The molecule has 190 valence electrons. The molecule has 1 aliphatic rings. The minimum atomic E-state index is -1.23. The molecule has 33 heavy (non-hydrogen) atoms. The van der Waals surface area contributed by atoms with Crippen LogP contribution in [-0.4, -0.2) is 14.1 Å². The predicted molar refractivity (Wildman–Crippen MR) is 145 cm³/mol. The van der Waals surface area contributed by atoms with Gasteiger partial charge in [0.1, 0.15) is 5.75 Å². The number of fused-ring (bicyclic) bond motifs is 2. The summed E-state index contributed by atoms with van der Waals surface area (Å²) in [5.41, 5.74) is 2.11. The molecular formula is C30H52O2S. The van der Waals surface area contributed by atoms with E-state index in [-0.39, 0.29) is 15.6 Å². The summed E-state index contributed by atoms with van der Waals surface area (Å²) >= 11 is 0. The van der Waals surface area contributed by atoms with E-state index in [1.165, 1.54) is 44.1 Å². The molecular weight excluding hydrogens is 424 g/mol. The lowest BCUT2D eigenvalue weighted by Gasteiger charge is -2.35. The Labute approximate surface area is 207 Å². The van der Waals surface area contributed by atoms with Crippen molar-refractivity contribution in [3.8, 4) is 5.75 Å². The lowest BCUT2D eigenvalue weighted by molar-refractivity contribution is 0.345. The lowest BCUT2D eigenvalue weighted by Crippen LogP contribution is -2.32. The maximum Gasteiger partial charge on any atom is 0.135 e. The van der Waals surface area contributed by atoms with Crippen molar-refractivity contribution in [1.29, 1.82) is 0 Å². The van der Waals surface area contributed by atoms with E-state index in [1.54, 1.807) is 0 Å². The van der Waals surface area contributed by atoms with Crippen molar-refractivity contribution < 1.29 is 9.32 Å². The fourth-order valence-corrected chi connectivity index (χ4v) is 7.18. The number of hydrogen-bond donors (Lipinski definition) is 1. The Morgan fingerprint density at radius 1 is 0.879 bits per heavy atom. The highest BCUT2D eigenvalue weighted by atomic mass is 32.2. The average Bonchev–Trinajstić information content (AvgIpc) is 2.75. The smallest absolute Gasteiger partial charge is 0.135 e. The van der Waals surface area contributed by atoms with Gasteiger partial charge in [0, 0.05) is 10.3 Å². The molecule has 0 aliphatic carbocycles. The molecule has 2 rings (SSSR count). The Bertz CT molecular complexity index is 778. The van der Waals surface area contributed by atoms with Gasteiger partial charge in [-0.1, -0.05) is 112 Å². The molecule has 0 aromatic heterocycles. The van der Waals surface area contributed by atoms with Gasteiger partial charge in [0.25, 0.3) is 0 Å². The van der Waals surface area contributed by atoms with Crippen LogP contribution in [0, 0.1) is 0 Å². The van der Waals surface area contributed by atoms with Crippen molar-refractivity contribution in [2.45, 2.75) is 159 Å². The second-order valence-electron chi connectivity index (χ2n) is 12.2. The van der Waals surface area contributed by atoms with Crippen LogP contribution in [0.5, 0.6) is 5.75 Å². The van der Waals surface area contributed by atoms with Crippen molar-refractivity contribution in [3.05, 3.63) is 23.3 Å². The fourth-order valence-electron chi connectivity index (χ4n) is 5.47. The van der Waals surface area contributed by atoms with E-state index < -0.39 is 10.8 Å². The summed E-state index contributed by atoms with van der Waals surface area (Å²) in [6.07, 6.45) is 16.0. The minimum absolute atomic E-state index is 0.0559. The largest absolute Gasteiger partial charge is 0.506 e. The van der Waals surface area contributed by atoms with Gasteiger partial charge in [-0.3, -0.25) is 4.21 Å². The van der Waals surface area contributed by atoms with Crippen LogP contribution >= 0.6 is 0 Å². The highest BCUT2D eigenvalue weighted by molar-refractivity contribution is 7.86. The maximum absolute atomic E-state index is 14.3. The monoisotopic (exact) mass is 476 g/mol.